The standard InChI is InChI=1S/C36H44N4O6S/c1-21(2)47(44,45)38-34(41)23-12-14-28-30(18-23)39-20-25(32-29(35(42)43)19-37-40(32)36(3,4)5)16-24-17-26(46-6)13-15-27(24)33(39)31(28)22-10-8-7-9-11-22/h12-19,21-22,31,33H,7-11,20H2,1-6H3,(H,38,41)(H,42,43). The zero-order chi connectivity index (χ0) is 33.8. The van der Waals surface area contributed by atoms with Gasteiger partial charge in [0.2, 0.25) is 10.0 Å². The third-order valence-electron chi connectivity index (χ3n) is 9.87. The van der Waals surface area contributed by atoms with Gasteiger partial charge in [-0.1, -0.05) is 31.4 Å². The summed E-state index contributed by atoms with van der Waals surface area (Å²) in [6, 6.07) is 11.5. The summed E-state index contributed by atoms with van der Waals surface area (Å²) in [6.45, 7) is 9.40. The van der Waals surface area contributed by atoms with Gasteiger partial charge in [-0.25, -0.2) is 17.9 Å². The van der Waals surface area contributed by atoms with E-state index in [0.717, 1.165) is 53.6 Å². The van der Waals surface area contributed by atoms with Crippen LogP contribution in [0.3, 0.4) is 0 Å². The molecular formula is C36H44N4O6S. The number of benzene rings is 2. The van der Waals surface area contributed by atoms with Crippen molar-refractivity contribution in [1.29, 1.82) is 0 Å². The number of aromatic nitrogens is 2. The first-order valence-corrected chi connectivity index (χ1v) is 17.9. The molecular weight excluding hydrogens is 616 g/mol. The maximum Gasteiger partial charge on any atom is 0.339 e. The summed E-state index contributed by atoms with van der Waals surface area (Å²) < 4.78 is 34.9. The highest BCUT2D eigenvalue weighted by atomic mass is 32.2. The number of carbonyl (C=O) groups is 2. The fraction of sp³-hybridized carbons (Fsp3) is 0.472. The van der Waals surface area contributed by atoms with E-state index in [2.05, 4.69) is 26.9 Å². The highest BCUT2D eigenvalue weighted by molar-refractivity contribution is 7.90. The first kappa shape index (κ1) is 32.8. The van der Waals surface area contributed by atoms with Gasteiger partial charge in [0, 0.05) is 23.7 Å². The molecule has 1 amide bonds. The molecule has 0 spiro atoms. The normalized spacial score (nSPS) is 19.8. The SMILES string of the molecule is COc1ccc2c(c1)C=C(c1c(C(=O)O)cnn1C(C)(C)C)CN1c3cc(C(=O)NS(=O)(=O)C(C)C)ccc3C(C3CCCCC3)C21. The number of hydrogen-bond acceptors (Lipinski definition) is 7. The second kappa shape index (κ2) is 12.2. The van der Waals surface area contributed by atoms with Gasteiger partial charge in [0.15, 0.2) is 0 Å². The summed E-state index contributed by atoms with van der Waals surface area (Å²) in [5, 5.41) is 14.1. The van der Waals surface area contributed by atoms with Gasteiger partial charge in [-0.05, 0) is 106 Å². The molecule has 6 rings (SSSR count). The molecule has 1 saturated carbocycles. The lowest BCUT2D eigenvalue weighted by Gasteiger charge is -2.36. The van der Waals surface area contributed by atoms with Crippen LogP contribution in [0.15, 0.2) is 42.6 Å². The average Bonchev–Trinajstić information content (AvgIpc) is 3.57. The molecule has 0 bridgehead atoms. The van der Waals surface area contributed by atoms with Crippen LogP contribution in [-0.2, 0) is 15.6 Å². The molecule has 3 aliphatic rings. The molecule has 3 heterocycles. The zero-order valence-corrected chi connectivity index (χ0v) is 28.7. The minimum absolute atomic E-state index is 0.0975. The Morgan fingerprint density at radius 3 is 2.38 bits per heavy atom. The molecule has 250 valence electrons. The van der Waals surface area contributed by atoms with Crippen molar-refractivity contribution >= 4 is 39.2 Å². The minimum atomic E-state index is -3.83. The van der Waals surface area contributed by atoms with Gasteiger partial charge in [0.1, 0.15) is 11.3 Å². The van der Waals surface area contributed by atoms with Crippen molar-refractivity contribution < 1.29 is 27.9 Å². The first-order chi connectivity index (χ1) is 22.2. The predicted molar refractivity (Wildman–Crippen MR) is 182 cm³/mol. The highest BCUT2D eigenvalue weighted by Gasteiger charge is 2.46. The summed E-state index contributed by atoms with van der Waals surface area (Å²) in [6.07, 6.45) is 9.18. The summed E-state index contributed by atoms with van der Waals surface area (Å²) in [7, 11) is -2.20. The fourth-order valence-corrected chi connectivity index (χ4v) is 8.15. The molecule has 47 heavy (non-hydrogen) atoms. The molecule has 1 aliphatic carbocycles. The molecule has 2 N–H and O–H groups in total. The number of nitrogens with one attached hydrogen (secondary N) is 1. The fourth-order valence-electron chi connectivity index (χ4n) is 7.54. The van der Waals surface area contributed by atoms with E-state index in [9.17, 15) is 23.1 Å². The molecule has 1 aromatic heterocycles. The number of anilines is 1. The Labute approximate surface area is 276 Å². The van der Waals surface area contributed by atoms with E-state index in [1.165, 1.54) is 26.5 Å². The average molecular weight is 661 g/mol. The molecule has 0 saturated heterocycles. The molecule has 3 aromatic rings. The number of carbonyl (C=O) groups excluding carboxylic acids is 1. The van der Waals surface area contributed by atoms with Crippen LogP contribution in [-0.4, -0.2) is 54.1 Å². The molecule has 10 nitrogen and oxygen atoms in total. The lowest BCUT2D eigenvalue weighted by Crippen LogP contribution is -2.36. The van der Waals surface area contributed by atoms with E-state index in [1.54, 1.807) is 17.9 Å². The summed E-state index contributed by atoms with van der Waals surface area (Å²) in [5.41, 5.74) is 5.19. The number of carboxylic acids is 1. The molecule has 2 atom stereocenters. The molecule has 2 aliphatic heterocycles. The number of aromatic carboxylic acids is 1. The second-order valence-electron chi connectivity index (χ2n) is 14.3. The van der Waals surface area contributed by atoms with Crippen LogP contribution in [0, 0.1) is 5.92 Å². The number of rotatable bonds is 7. The number of methoxy groups -OCH3 is 1. The predicted octanol–water partition coefficient (Wildman–Crippen LogP) is 6.59. The number of sulfonamides is 1. The molecule has 11 heteroatoms. The Hall–Kier alpha value is -4.12. The largest absolute Gasteiger partial charge is 0.497 e. The minimum Gasteiger partial charge on any atom is -0.497 e. The van der Waals surface area contributed by atoms with Crippen molar-refractivity contribution in [3.8, 4) is 5.75 Å². The Bertz CT molecular complexity index is 1860. The number of amides is 1. The number of nitrogens with zero attached hydrogens (tertiary/aromatic N) is 3. The number of ether oxygens (including phenoxy) is 1. The maximum atomic E-state index is 13.4. The number of carboxylic acid groups (broad SMARTS) is 1. The van der Waals surface area contributed by atoms with Crippen LogP contribution in [0.4, 0.5) is 5.69 Å². The zero-order valence-electron chi connectivity index (χ0n) is 27.9. The summed E-state index contributed by atoms with van der Waals surface area (Å²) >= 11 is 0. The van der Waals surface area contributed by atoms with Crippen LogP contribution in [0.1, 0.15) is 122 Å². The van der Waals surface area contributed by atoms with Crippen LogP contribution >= 0.6 is 0 Å². The van der Waals surface area contributed by atoms with Crippen molar-refractivity contribution in [3.05, 3.63) is 76.1 Å². The first-order valence-electron chi connectivity index (χ1n) is 16.4. The van der Waals surface area contributed by atoms with E-state index in [-0.39, 0.29) is 23.1 Å². The van der Waals surface area contributed by atoms with Crippen molar-refractivity contribution in [2.45, 2.75) is 89.5 Å². The number of hydrogen-bond donors (Lipinski definition) is 2. The summed E-state index contributed by atoms with van der Waals surface area (Å²) in [5.74, 6) is -0.507. The van der Waals surface area contributed by atoms with Gasteiger partial charge in [0.05, 0.1) is 35.8 Å². The highest BCUT2D eigenvalue weighted by Crippen LogP contribution is 2.57. The third-order valence-corrected chi connectivity index (χ3v) is 11.6. The molecule has 0 radical (unpaired) electrons. The third kappa shape index (κ3) is 5.94. The lowest BCUT2D eigenvalue weighted by atomic mass is 9.73. The van der Waals surface area contributed by atoms with E-state index in [0.29, 0.717) is 23.9 Å². The van der Waals surface area contributed by atoms with Gasteiger partial charge in [0.25, 0.3) is 5.91 Å². The second-order valence-corrected chi connectivity index (χ2v) is 16.5. The smallest absolute Gasteiger partial charge is 0.339 e. The van der Waals surface area contributed by atoms with Crippen LogP contribution in [0.25, 0.3) is 11.6 Å². The Morgan fingerprint density at radius 2 is 1.74 bits per heavy atom. The van der Waals surface area contributed by atoms with Gasteiger partial charge < -0.3 is 14.7 Å². The van der Waals surface area contributed by atoms with Crippen molar-refractivity contribution in [3.63, 3.8) is 0 Å². The van der Waals surface area contributed by atoms with E-state index in [4.69, 9.17) is 4.74 Å². The number of fused-ring (bicyclic) bond motifs is 5. The van der Waals surface area contributed by atoms with Crippen molar-refractivity contribution in [1.82, 2.24) is 14.5 Å². The van der Waals surface area contributed by atoms with Gasteiger partial charge >= 0.3 is 5.97 Å². The molecule has 2 unspecified atom stereocenters. The Balaban J connectivity index is 1.57. The van der Waals surface area contributed by atoms with Crippen LogP contribution in [0.5, 0.6) is 5.75 Å². The molecule has 1 fully saturated rings. The molecule has 2 aromatic carbocycles. The van der Waals surface area contributed by atoms with Gasteiger partial charge in [-0.15, -0.1) is 0 Å². The topological polar surface area (TPSA) is 131 Å². The van der Waals surface area contributed by atoms with E-state index in [1.807, 2.05) is 45.0 Å². The van der Waals surface area contributed by atoms with Crippen LogP contribution < -0.4 is 14.4 Å². The van der Waals surface area contributed by atoms with Crippen molar-refractivity contribution in [2.75, 3.05) is 18.6 Å². The lowest BCUT2D eigenvalue weighted by molar-refractivity contribution is 0.0696. The Kier molecular flexibility index (Phi) is 8.48. The Morgan fingerprint density at radius 1 is 1.04 bits per heavy atom. The van der Waals surface area contributed by atoms with E-state index >= 15 is 0 Å². The maximum absolute atomic E-state index is 13.4. The monoisotopic (exact) mass is 660 g/mol. The van der Waals surface area contributed by atoms with E-state index < -0.39 is 32.7 Å². The van der Waals surface area contributed by atoms with Crippen LogP contribution in [0.2, 0.25) is 0 Å². The summed E-state index contributed by atoms with van der Waals surface area (Å²) in [4.78, 5) is 28.2. The van der Waals surface area contributed by atoms with Crippen molar-refractivity contribution in [2.24, 2.45) is 5.92 Å². The van der Waals surface area contributed by atoms with Gasteiger partial charge in [-0.2, -0.15) is 5.10 Å². The van der Waals surface area contributed by atoms with Gasteiger partial charge in [-0.3, -0.25) is 9.48 Å². The quantitative estimate of drug-likeness (QED) is 0.290.